The summed E-state index contributed by atoms with van der Waals surface area (Å²) in [7, 11) is -3.50. The van der Waals surface area contributed by atoms with Gasteiger partial charge in [-0.3, -0.25) is 4.79 Å². The Kier molecular flexibility index (Phi) is 6.22. The first kappa shape index (κ1) is 19.1. The number of nitrogens with zero attached hydrogens (tertiary/aromatic N) is 2. The van der Waals surface area contributed by atoms with E-state index in [-0.39, 0.29) is 42.3 Å². The Hall–Kier alpha value is -1.19. The zero-order valence-corrected chi connectivity index (χ0v) is 14.8. The highest BCUT2D eigenvalue weighted by atomic mass is 35.5. The summed E-state index contributed by atoms with van der Waals surface area (Å²) in [6.45, 7) is 1.76. The van der Waals surface area contributed by atoms with Crippen LogP contribution in [0.5, 0.6) is 0 Å². The molecule has 2 fully saturated rings. The van der Waals surface area contributed by atoms with E-state index in [9.17, 15) is 18.3 Å². The maximum atomic E-state index is 12.5. The van der Waals surface area contributed by atoms with Crippen molar-refractivity contribution in [1.82, 2.24) is 14.5 Å². The number of carbonyl (C=O) groups is 1. The fraction of sp³-hybridized carbons (Fsp3) is 0.533. The van der Waals surface area contributed by atoms with Crippen LogP contribution in [0.2, 0.25) is 0 Å². The lowest BCUT2D eigenvalue weighted by atomic mass is 10.1. The number of hydrogen-bond acceptors (Lipinski definition) is 5. The lowest BCUT2D eigenvalue weighted by Crippen LogP contribution is -2.54. The summed E-state index contributed by atoms with van der Waals surface area (Å²) < 4.78 is 26.5. The molecule has 134 valence electrons. The number of sulfonamides is 1. The summed E-state index contributed by atoms with van der Waals surface area (Å²) in [5, 5.41) is 12.5. The highest BCUT2D eigenvalue weighted by molar-refractivity contribution is 7.89. The van der Waals surface area contributed by atoms with Gasteiger partial charge in [-0.25, -0.2) is 8.42 Å². The highest BCUT2D eigenvalue weighted by Crippen LogP contribution is 2.18. The summed E-state index contributed by atoms with van der Waals surface area (Å²) in [5.41, 5.74) is 0. The minimum Gasteiger partial charge on any atom is -0.392 e. The maximum absolute atomic E-state index is 12.5. The number of β-amino-alcohol motifs (C(OH)–C–C–N with tert-alkyl or cyclic N) is 1. The van der Waals surface area contributed by atoms with Crippen LogP contribution in [0.25, 0.3) is 0 Å². The summed E-state index contributed by atoms with van der Waals surface area (Å²) in [6.07, 6.45) is -0.0647. The van der Waals surface area contributed by atoms with Gasteiger partial charge in [0.15, 0.2) is 0 Å². The molecule has 2 atom stereocenters. The SMILES string of the molecule is Cl.O=C(C1CC(O)CN1)N1CCN(S(=O)(=O)c2ccccc2)CC1. The molecular weight excluding hydrogens is 354 g/mol. The third-order valence-corrected chi connectivity index (χ3v) is 6.25. The molecule has 2 saturated heterocycles. The topological polar surface area (TPSA) is 89.9 Å². The van der Waals surface area contributed by atoms with E-state index < -0.39 is 16.1 Å². The number of aliphatic hydroxyl groups is 1. The van der Waals surface area contributed by atoms with Crippen molar-refractivity contribution in [2.75, 3.05) is 32.7 Å². The Morgan fingerprint density at radius 1 is 1.12 bits per heavy atom. The molecule has 3 rings (SSSR count). The summed E-state index contributed by atoms with van der Waals surface area (Å²) in [6, 6.07) is 7.97. The van der Waals surface area contributed by atoms with Gasteiger partial charge in [0.1, 0.15) is 0 Å². The number of aliphatic hydroxyl groups excluding tert-OH is 1. The number of benzene rings is 1. The van der Waals surface area contributed by atoms with E-state index >= 15 is 0 Å². The van der Waals surface area contributed by atoms with Gasteiger partial charge in [-0.1, -0.05) is 18.2 Å². The molecule has 0 saturated carbocycles. The minimum atomic E-state index is -3.50. The van der Waals surface area contributed by atoms with Gasteiger partial charge < -0.3 is 15.3 Å². The van der Waals surface area contributed by atoms with E-state index in [2.05, 4.69) is 5.32 Å². The molecule has 1 amide bonds. The molecule has 2 N–H and O–H groups in total. The molecule has 0 bridgehead atoms. The van der Waals surface area contributed by atoms with Gasteiger partial charge in [0.2, 0.25) is 15.9 Å². The van der Waals surface area contributed by atoms with Crippen LogP contribution in [0.3, 0.4) is 0 Å². The number of hydrogen-bond donors (Lipinski definition) is 2. The Balaban J connectivity index is 0.00000208. The molecule has 2 aliphatic rings. The van der Waals surface area contributed by atoms with Crippen molar-refractivity contribution in [2.45, 2.75) is 23.5 Å². The lowest BCUT2D eigenvalue weighted by molar-refractivity contribution is -0.134. The number of halogens is 1. The number of carbonyl (C=O) groups excluding carboxylic acids is 1. The van der Waals surface area contributed by atoms with Gasteiger partial charge in [0.25, 0.3) is 0 Å². The van der Waals surface area contributed by atoms with Gasteiger partial charge >= 0.3 is 0 Å². The number of nitrogens with one attached hydrogen (secondary N) is 1. The molecule has 2 heterocycles. The molecule has 0 spiro atoms. The van der Waals surface area contributed by atoms with Gasteiger partial charge in [-0.2, -0.15) is 4.31 Å². The molecule has 0 radical (unpaired) electrons. The fourth-order valence-corrected chi connectivity index (χ4v) is 4.46. The second-order valence-electron chi connectivity index (χ2n) is 5.89. The number of rotatable bonds is 3. The zero-order chi connectivity index (χ0) is 16.4. The first-order chi connectivity index (χ1) is 11.0. The van der Waals surface area contributed by atoms with Crippen LogP contribution in [-0.2, 0) is 14.8 Å². The van der Waals surface area contributed by atoms with Crippen LogP contribution < -0.4 is 5.32 Å². The number of amides is 1. The Bertz CT molecular complexity index is 663. The zero-order valence-electron chi connectivity index (χ0n) is 13.2. The largest absolute Gasteiger partial charge is 0.392 e. The maximum Gasteiger partial charge on any atom is 0.243 e. The molecule has 9 heteroatoms. The third-order valence-electron chi connectivity index (χ3n) is 4.34. The second kappa shape index (κ2) is 7.79. The van der Waals surface area contributed by atoms with Crippen LogP contribution in [0.15, 0.2) is 35.2 Å². The van der Waals surface area contributed by atoms with Crippen LogP contribution in [-0.4, -0.2) is 73.5 Å². The molecule has 0 aliphatic carbocycles. The summed E-state index contributed by atoms with van der Waals surface area (Å²) in [4.78, 5) is 14.3. The average molecular weight is 376 g/mol. The normalized spacial score (nSPS) is 25.3. The van der Waals surface area contributed by atoms with Gasteiger partial charge in [0.05, 0.1) is 17.0 Å². The third kappa shape index (κ3) is 3.89. The standard InChI is InChI=1S/C15H21N3O4S.ClH/c19-12-10-14(16-11-12)15(20)17-6-8-18(9-7-17)23(21,22)13-4-2-1-3-5-13;/h1-5,12,14,16,19H,6-11H2;1H. The quantitative estimate of drug-likeness (QED) is 0.754. The molecular formula is C15H22ClN3O4S. The first-order valence-electron chi connectivity index (χ1n) is 7.74. The average Bonchev–Trinajstić information content (AvgIpc) is 3.01. The van der Waals surface area contributed by atoms with Crippen molar-refractivity contribution >= 4 is 28.3 Å². The van der Waals surface area contributed by atoms with E-state index in [1.165, 1.54) is 4.31 Å². The Morgan fingerprint density at radius 3 is 2.29 bits per heavy atom. The smallest absolute Gasteiger partial charge is 0.243 e. The van der Waals surface area contributed by atoms with E-state index in [1.54, 1.807) is 35.2 Å². The van der Waals surface area contributed by atoms with Gasteiger partial charge in [-0.05, 0) is 18.6 Å². The van der Waals surface area contributed by atoms with E-state index in [0.29, 0.717) is 26.1 Å². The lowest BCUT2D eigenvalue weighted by Gasteiger charge is -2.35. The summed E-state index contributed by atoms with van der Waals surface area (Å²) >= 11 is 0. The van der Waals surface area contributed by atoms with Crippen molar-refractivity contribution in [1.29, 1.82) is 0 Å². The van der Waals surface area contributed by atoms with E-state index in [0.717, 1.165) is 0 Å². The predicted octanol–water partition coefficient (Wildman–Crippen LogP) is -0.336. The fourth-order valence-electron chi connectivity index (χ4n) is 3.02. The predicted molar refractivity (Wildman–Crippen MR) is 91.4 cm³/mol. The van der Waals surface area contributed by atoms with Crippen LogP contribution >= 0.6 is 12.4 Å². The minimum absolute atomic E-state index is 0. The Morgan fingerprint density at radius 2 is 1.75 bits per heavy atom. The van der Waals surface area contributed by atoms with E-state index in [4.69, 9.17) is 0 Å². The molecule has 2 unspecified atom stereocenters. The van der Waals surface area contributed by atoms with Crippen molar-refractivity contribution in [3.05, 3.63) is 30.3 Å². The Labute approximate surface area is 148 Å². The molecule has 7 nitrogen and oxygen atoms in total. The molecule has 0 aromatic heterocycles. The van der Waals surface area contributed by atoms with Crippen LogP contribution in [0, 0.1) is 0 Å². The van der Waals surface area contributed by atoms with Gasteiger partial charge in [0, 0.05) is 32.7 Å². The molecule has 24 heavy (non-hydrogen) atoms. The monoisotopic (exact) mass is 375 g/mol. The summed E-state index contributed by atoms with van der Waals surface area (Å²) in [5.74, 6) is -0.0571. The van der Waals surface area contributed by atoms with Crippen LogP contribution in [0.1, 0.15) is 6.42 Å². The molecule has 1 aromatic rings. The van der Waals surface area contributed by atoms with Crippen molar-refractivity contribution < 1.29 is 18.3 Å². The van der Waals surface area contributed by atoms with Crippen molar-refractivity contribution in [2.24, 2.45) is 0 Å². The van der Waals surface area contributed by atoms with Gasteiger partial charge in [-0.15, -0.1) is 12.4 Å². The molecule has 2 aliphatic heterocycles. The van der Waals surface area contributed by atoms with Crippen LogP contribution in [0.4, 0.5) is 0 Å². The van der Waals surface area contributed by atoms with E-state index in [1.807, 2.05) is 0 Å². The van der Waals surface area contributed by atoms with Crippen molar-refractivity contribution in [3.8, 4) is 0 Å². The number of piperazine rings is 1. The van der Waals surface area contributed by atoms with Crippen molar-refractivity contribution in [3.63, 3.8) is 0 Å². The second-order valence-corrected chi connectivity index (χ2v) is 7.83. The first-order valence-corrected chi connectivity index (χ1v) is 9.18. The molecule has 1 aromatic carbocycles. The highest BCUT2D eigenvalue weighted by Gasteiger charge is 2.35.